The highest BCUT2D eigenvalue weighted by atomic mass is 19.1. The van der Waals surface area contributed by atoms with E-state index in [0.717, 1.165) is 4.57 Å². The molecule has 2 fully saturated rings. The predicted octanol–water partition coefficient (Wildman–Crippen LogP) is -0.314. The van der Waals surface area contributed by atoms with Gasteiger partial charge in [-0.15, -0.1) is 0 Å². The van der Waals surface area contributed by atoms with E-state index in [2.05, 4.69) is 17.0 Å². The van der Waals surface area contributed by atoms with Crippen molar-refractivity contribution >= 4 is 5.82 Å². The van der Waals surface area contributed by atoms with Gasteiger partial charge in [0, 0.05) is 24.9 Å². The van der Waals surface area contributed by atoms with Gasteiger partial charge in [-0.25, -0.2) is 14.2 Å². The quantitative estimate of drug-likeness (QED) is 0.734. The highest BCUT2D eigenvalue weighted by Crippen LogP contribution is 2.33. The fraction of sp³-hybridized carbons (Fsp3) is 0.571. The number of hydrazine groups is 1. The first-order valence-corrected chi connectivity index (χ1v) is 7.38. The molecule has 0 unspecified atom stereocenters. The Hall–Kier alpha value is -1.81. The second-order valence-corrected chi connectivity index (χ2v) is 5.40. The minimum atomic E-state index is -1.51. The molecular formula is C14H19FN4O4. The summed E-state index contributed by atoms with van der Waals surface area (Å²) in [6, 6.07) is 1.60. The SMILES string of the molecule is C=C1[C@H](n2ccc(NN3CCOCC3)nc2=O)O[C@H](CO)[C@H]1F. The van der Waals surface area contributed by atoms with Gasteiger partial charge in [-0.2, -0.15) is 4.98 Å². The predicted molar refractivity (Wildman–Crippen MR) is 79.5 cm³/mol. The Balaban J connectivity index is 1.74. The van der Waals surface area contributed by atoms with Gasteiger partial charge in [0.2, 0.25) is 0 Å². The standard InChI is InChI=1S/C14H19FN4O4/c1-9-12(15)10(8-20)23-13(9)19-3-2-11(16-14(19)21)17-18-4-6-22-7-5-18/h2-3,10,12-13,20H,1,4-8H2,(H,16,17,21)/t10-,12+,13-/m1/s1. The van der Waals surface area contributed by atoms with Crippen LogP contribution in [0, 0.1) is 0 Å². The minimum absolute atomic E-state index is 0.0989. The van der Waals surface area contributed by atoms with Gasteiger partial charge in [-0.05, 0) is 6.07 Å². The summed E-state index contributed by atoms with van der Waals surface area (Å²) in [7, 11) is 0. The number of alkyl halides is 1. The Bertz CT molecular complexity index is 631. The molecule has 126 valence electrons. The second kappa shape index (κ2) is 6.75. The van der Waals surface area contributed by atoms with Crippen LogP contribution in [0.1, 0.15) is 6.23 Å². The third-order valence-electron chi connectivity index (χ3n) is 3.85. The molecule has 0 bridgehead atoms. The van der Waals surface area contributed by atoms with Gasteiger partial charge in [0.05, 0.1) is 19.8 Å². The van der Waals surface area contributed by atoms with Crippen molar-refractivity contribution in [1.29, 1.82) is 0 Å². The summed E-state index contributed by atoms with van der Waals surface area (Å²) >= 11 is 0. The number of hydrogen-bond donors (Lipinski definition) is 2. The molecule has 23 heavy (non-hydrogen) atoms. The molecule has 2 aliphatic heterocycles. The zero-order valence-corrected chi connectivity index (χ0v) is 12.5. The van der Waals surface area contributed by atoms with Crippen LogP contribution < -0.4 is 11.1 Å². The molecule has 0 spiro atoms. The zero-order valence-electron chi connectivity index (χ0n) is 12.5. The van der Waals surface area contributed by atoms with Crippen molar-refractivity contribution in [3.05, 3.63) is 34.9 Å². The second-order valence-electron chi connectivity index (χ2n) is 5.40. The smallest absolute Gasteiger partial charge is 0.351 e. The summed E-state index contributed by atoms with van der Waals surface area (Å²) in [6.07, 6.45) is -2.01. The average Bonchev–Trinajstić information content (AvgIpc) is 2.84. The van der Waals surface area contributed by atoms with Crippen molar-refractivity contribution in [3.63, 3.8) is 0 Å². The summed E-state index contributed by atoms with van der Waals surface area (Å²) in [4.78, 5) is 16.1. The number of halogens is 1. The Kier molecular flexibility index (Phi) is 4.71. The topological polar surface area (TPSA) is 88.9 Å². The molecule has 8 nitrogen and oxygen atoms in total. The van der Waals surface area contributed by atoms with Crippen LogP contribution in [0.25, 0.3) is 0 Å². The van der Waals surface area contributed by atoms with Crippen LogP contribution in [0.5, 0.6) is 0 Å². The van der Waals surface area contributed by atoms with Gasteiger partial charge < -0.3 is 20.0 Å². The van der Waals surface area contributed by atoms with Gasteiger partial charge in [0.1, 0.15) is 11.9 Å². The summed E-state index contributed by atoms with van der Waals surface area (Å²) in [5, 5.41) is 11.0. The number of morpholine rings is 1. The molecule has 2 aliphatic rings. The number of nitrogens with one attached hydrogen (secondary N) is 1. The average molecular weight is 326 g/mol. The van der Waals surface area contributed by atoms with E-state index in [1.165, 1.54) is 6.20 Å². The molecule has 0 radical (unpaired) electrons. The maximum atomic E-state index is 13.9. The Morgan fingerprint density at radius 2 is 2.22 bits per heavy atom. The van der Waals surface area contributed by atoms with Crippen molar-refractivity contribution in [2.45, 2.75) is 18.5 Å². The van der Waals surface area contributed by atoms with E-state index < -0.39 is 30.8 Å². The van der Waals surface area contributed by atoms with Gasteiger partial charge in [-0.3, -0.25) is 4.57 Å². The number of rotatable bonds is 4. The molecule has 0 aromatic carbocycles. The van der Waals surface area contributed by atoms with E-state index in [-0.39, 0.29) is 5.57 Å². The monoisotopic (exact) mass is 326 g/mol. The number of aliphatic hydroxyl groups is 1. The number of hydrogen-bond acceptors (Lipinski definition) is 7. The number of aliphatic hydroxyl groups excluding tert-OH is 1. The summed E-state index contributed by atoms with van der Waals surface area (Å²) in [5.74, 6) is 0.396. The summed E-state index contributed by atoms with van der Waals surface area (Å²) in [5.41, 5.74) is 2.55. The molecule has 3 rings (SSSR count). The van der Waals surface area contributed by atoms with E-state index in [1.54, 1.807) is 6.07 Å². The fourth-order valence-electron chi connectivity index (χ4n) is 2.57. The maximum Gasteiger partial charge on any atom is 0.351 e. The normalized spacial score (nSPS) is 29.0. The third-order valence-corrected chi connectivity index (χ3v) is 3.85. The molecule has 0 saturated carbocycles. The lowest BCUT2D eigenvalue weighted by Crippen LogP contribution is -2.41. The van der Waals surface area contributed by atoms with Crippen LogP contribution in [0.2, 0.25) is 0 Å². The van der Waals surface area contributed by atoms with E-state index in [0.29, 0.717) is 32.1 Å². The number of aromatic nitrogens is 2. The van der Waals surface area contributed by atoms with Crippen molar-refractivity contribution in [2.24, 2.45) is 0 Å². The number of ether oxygens (including phenoxy) is 2. The van der Waals surface area contributed by atoms with Crippen LogP contribution >= 0.6 is 0 Å². The van der Waals surface area contributed by atoms with Crippen molar-refractivity contribution in [2.75, 3.05) is 38.3 Å². The summed E-state index contributed by atoms with van der Waals surface area (Å²) < 4.78 is 25.6. The molecule has 0 aliphatic carbocycles. The molecule has 1 aromatic heterocycles. The highest BCUT2D eigenvalue weighted by molar-refractivity contribution is 5.31. The van der Waals surface area contributed by atoms with Crippen LogP contribution in [0.4, 0.5) is 10.2 Å². The van der Waals surface area contributed by atoms with Crippen LogP contribution in [0.15, 0.2) is 29.2 Å². The first kappa shape index (κ1) is 16.1. The lowest BCUT2D eigenvalue weighted by molar-refractivity contribution is -0.0321. The Labute approximate surface area is 132 Å². The van der Waals surface area contributed by atoms with Gasteiger partial charge in [0.15, 0.2) is 12.4 Å². The maximum absolute atomic E-state index is 13.9. The molecule has 1 aromatic rings. The van der Waals surface area contributed by atoms with Crippen molar-refractivity contribution in [1.82, 2.24) is 14.6 Å². The van der Waals surface area contributed by atoms with E-state index >= 15 is 0 Å². The fourth-order valence-corrected chi connectivity index (χ4v) is 2.57. The van der Waals surface area contributed by atoms with Crippen LogP contribution in [-0.2, 0) is 9.47 Å². The highest BCUT2D eigenvalue weighted by Gasteiger charge is 2.40. The largest absolute Gasteiger partial charge is 0.394 e. The first-order chi connectivity index (χ1) is 11.1. The minimum Gasteiger partial charge on any atom is -0.394 e. The molecule has 3 atom stereocenters. The third kappa shape index (κ3) is 3.27. The van der Waals surface area contributed by atoms with E-state index in [1.807, 2.05) is 5.01 Å². The van der Waals surface area contributed by atoms with Crippen LogP contribution in [-0.4, -0.2) is 64.9 Å². The van der Waals surface area contributed by atoms with Gasteiger partial charge in [-0.1, -0.05) is 6.58 Å². The lowest BCUT2D eigenvalue weighted by Gasteiger charge is -2.27. The van der Waals surface area contributed by atoms with E-state index in [9.17, 15) is 9.18 Å². The number of nitrogens with zero attached hydrogens (tertiary/aromatic N) is 3. The molecular weight excluding hydrogens is 307 g/mol. The molecule has 3 heterocycles. The summed E-state index contributed by atoms with van der Waals surface area (Å²) in [6.45, 7) is 5.74. The number of anilines is 1. The molecule has 2 saturated heterocycles. The molecule has 0 amide bonds. The molecule has 2 N–H and O–H groups in total. The van der Waals surface area contributed by atoms with E-state index in [4.69, 9.17) is 14.6 Å². The van der Waals surface area contributed by atoms with Gasteiger partial charge in [0.25, 0.3) is 0 Å². The van der Waals surface area contributed by atoms with Gasteiger partial charge >= 0.3 is 5.69 Å². The zero-order chi connectivity index (χ0) is 16.4. The Morgan fingerprint density at radius 1 is 1.48 bits per heavy atom. The lowest BCUT2D eigenvalue weighted by atomic mass is 10.1. The van der Waals surface area contributed by atoms with Crippen molar-refractivity contribution in [3.8, 4) is 0 Å². The van der Waals surface area contributed by atoms with Crippen molar-refractivity contribution < 1.29 is 19.0 Å². The van der Waals surface area contributed by atoms with Crippen LogP contribution in [0.3, 0.4) is 0 Å². The first-order valence-electron chi connectivity index (χ1n) is 7.38. The molecule has 9 heteroatoms. The Morgan fingerprint density at radius 3 is 2.83 bits per heavy atom.